The minimum Gasteiger partial charge on any atom is -0.462 e. The van der Waals surface area contributed by atoms with Gasteiger partial charge in [0.05, 0.1) is 12.2 Å². The number of esters is 2. The molecule has 0 atom stereocenters. The zero-order valence-electron chi connectivity index (χ0n) is 17.7. The average Bonchev–Trinajstić information content (AvgIpc) is 3.20. The molecule has 0 aliphatic carbocycles. The third kappa shape index (κ3) is 5.35. The quantitative estimate of drug-likeness (QED) is 0.466. The third-order valence-corrected chi connectivity index (χ3v) is 5.32. The number of hydrogen-bond donors (Lipinski definition) is 1. The van der Waals surface area contributed by atoms with Gasteiger partial charge in [0.2, 0.25) is 5.88 Å². The van der Waals surface area contributed by atoms with Gasteiger partial charge in [0.1, 0.15) is 16.2 Å². The zero-order valence-corrected chi connectivity index (χ0v) is 18.5. The molecular formula is C21H25NO7S. The number of carbonyl (C=O) groups excluding carboxylic acids is 4. The molecule has 0 aromatic carbocycles. The second-order valence-electron chi connectivity index (χ2n) is 6.58. The van der Waals surface area contributed by atoms with Crippen molar-refractivity contribution in [3.05, 3.63) is 38.3 Å². The van der Waals surface area contributed by atoms with Crippen LogP contribution in [0.25, 0.3) is 0 Å². The Bertz CT molecular complexity index is 970. The van der Waals surface area contributed by atoms with Gasteiger partial charge in [-0.2, -0.15) is 0 Å². The maximum atomic E-state index is 12.3. The first-order valence-electron chi connectivity index (χ1n) is 9.57. The summed E-state index contributed by atoms with van der Waals surface area (Å²) in [5.41, 5.74) is 0.971. The molecule has 0 bridgehead atoms. The Kier molecular flexibility index (Phi) is 7.93. The molecule has 8 nitrogen and oxygen atoms in total. The Morgan fingerprint density at radius 3 is 2.37 bits per heavy atom. The molecule has 162 valence electrons. The van der Waals surface area contributed by atoms with E-state index in [1.807, 2.05) is 6.92 Å². The predicted octanol–water partition coefficient (Wildman–Crippen LogP) is 4.09. The smallest absolute Gasteiger partial charge is 0.348 e. The maximum absolute atomic E-state index is 12.3. The minimum absolute atomic E-state index is 0.0401. The summed E-state index contributed by atoms with van der Waals surface area (Å²) in [5, 5.41) is 2.38. The highest BCUT2D eigenvalue weighted by molar-refractivity contribution is 7.14. The number of rotatable bonds is 9. The molecule has 0 aliphatic rings. The molecule has 0 unspecified atom stereocenters. The normalized spacial score (nSPS) is 10.6. The lowest BCUT2D eigenvalue weighted by Crippen LogP contribution is -2.22. The molecule has 1 N–H and O–H groups in total. The lowest BCUT2D eigenvalue weighted by atomic mass is 10.1. The summed E-state index contributed by atoms with van der Waals surface area (Å²) >= 11 is 1.31. The summed E-state index contributed by atoms with van der Waals surface area (Å²) in [5.74, 6) is -2.54. The molecule has 2 aromatic rings. The van der Waals surface area contributed by atoms with E-state index in [1.54, 1.807) is 13.0 Å². The summed E-state index contributed by atoms with van der Waals surface area (Å²) in [6.45, 7) is 7.90. The molecule has 2 heterocycles. The molecule has 0 radical (unpaired) electrons. The largest absolute Gasteiger partial charge is 0.462 e. The molecule has 9 heteroatoms. The van der Waals surface area contributed by atoms with Crippen molar-refractivity contribution < 1.29 is 33.1 Å². The van der Waals surface area contributed by atoms with Gasteiger partial charge in [0, 0.05) is 4.88 Å². The molecule has 1 amide bonds. The van der Waals surface area contributed by atoms with Gasteiger partial charge in [-0.05, 0) is 45.7 Å². The van der Waals surface area contributed by atoms with Crippen molar-refractivity contribution in [3.8, 4) is 0 Å². The standard InChI is InChI=1S/C21H25NO7S/c1-6-8-14-9-15(30-13(14)5)20(25)28-10-16(24)22-19-18(21(26)27-7-2)17(11(3)23)12(4)29-19/h9H,6-8,10H2,1-5H3,(H,22,24). The van der Waals surface area contributed by atoms with Crippen LogP contribution in [0, 0.1) is 13.8 Å². The van der Waals surface area contributed by atoms with E-state index in [9.17, 15) is 19.2 Å². The fraction of sp³-hybridized carbons (Fsp3) is 0.429. The number of furan rings is 1. The first kappa shape index (κ1) is 23.3. The first-order chi connectivity index (χ1) is 14.2. The highest BCUT2D eigenvalue weighted by atomic mass is 32.1. The number of ketones is 1. The summed E-state index contributed by atoms with van der Waals surface area (Å²) in [6, 6.07) is 1.78. The van der Waals surface area contributed by atoms with Crippen LogP contribution in [0.3, 0.4) is 0 Å². The van der Waals surface area contributed by atoms with Crippen LogP contribution in [0.1, 0.15) is 73.8 Å². The van der Waals surface area contributed by atoms with Crippen molar-refractivity contribution in [1.29, 1.82) is 0 Å². The summed E-state index contributed by atoms with van der Waals surface area (Å²) in [7, 11) is 0. The summed E-state index contributed by atoms with van der Waals surface area (Å²) in [4.78, 5) is 50.1. The molecule has 0 saturated heterocycles. The van der Waals surface area contributed by atoms with E-state index in [0.717, 1.165) is 23.3 Å². The van der Waals surface area contributed by atoms with E-state index in [-0.39, 0.29) is 29.4 Å². The summed E-state index contributed by atoms with van der Waals surface area (Å²) < 4.78 is 15.4. The SMILES string of the molecule is CCCc1cc(C(=O)OCC(=O)Nc2oc(C)c(C(C)=O)c2C(=O)OCC)sc1C. The number of aryl methyl sites for hydroxylation is 3. The second-order valence-corrected chi connectivity index (χ2v) is 7.84. The van der Waals surface area contributed by atoms with Crippen LogP contribution in [-0.2, 0) is 20.7 Å². The van der Waals surface area contributed by atoms with Gasteiger partial charge < -0.3 is 13.9 Å². The summed E-state index contributed by atoms with van der Waals surface area (Å²) in [6.07, 6.45) is 1.82. The van der Waals surface area contributed by atoms with E-state index in [1.165, 1.54) is 25.2 Å². The number of hydrogen-bond acceptors (Lipinski definition) is 8. The number of anilines is 1. The van der Waals surface area contributed by atoms with Crippen LogP contribution in [0.15, 0.2) is 10.5 Å². The van der Waals surface area contributed by atoms with Gasteiger partial charge in [-0.3, -0.25) is 14.9 Å². The van der Waals surface area contributed by atoms with Crippen molar-refractivity contribution in [3.63, 3.8) is 0 Å². The molecular weight excluding hydrogens is 410 g/mol. The van der Waals surface area contributed by atoms with Crippen molar-refractivity contribution in [2.24, 2.45) is 0 Å². The Morgan fingerprint density at radius 1 is 1.07 bits per heavy atom. The maximum Gasteiger partial charge on any atom is 0.348 e. The number of ether oxygens (including phenoxy) is 2. The monoisotopic (exact) mass is 435 g/mol. The Labute approximate surface area is 178 Å². The van der Waals surface area contributed by atoms with E-state index >= 15 is 0 Å². The van der Waals surface area contributed by atoms with Crippen molar-refractivity contribution in [1.82, 2.24) is 0 Å². The molecule has 0 spiro atoms. The molecule has 2 aromatic heterocycles. The Hall–Kier alpha value is -2.94. The lowest BCUT2D eigenvalue weighted by molar-refractivity contribution is -0.119. The van der Waals surface area contributed by atoms with Crippen LogP contribution < -0.4 is 5.32 Å². The van der Waals surface area contributed by atoms with E-state index in [0.29, 0.717) is 4.88 Å². The number of nitrogens with one attached hydrogen (secondary N) is 1. The third-order valence-electron chi connectivity index (χ3n) is 4.24. The van der Waals surface area contributed by atoms with Crippen LogP contribution in [0.4, 0.5) is 5.88 Å². The average molecular weight is 435 g/mol. The highest BCUT2D eigenvalue weighted by Crippen LogP contribution is 2.28. The van der Waals surface area contributed by atoms with Gasteiger partial charge >= 0.3 is 11.9 Å². The Morgan fingerprint density at radius 2 is 1.77 bits per heavy atom. The number of thiophene rings is 1. The van der Waals surface area contributed by atoms with Gasteiger partial charge in [0.15, 0.2) is 12.4 Å². The minimum atomic E-state index is -0.788. The molecule has 0 aliphatic heterocycles. The van der Waals surface area contributed by atoms with Crippen molar-refractivity contribution >= 4 is 40.9 Å². The number of Topliss-reactive ketones (excluding diaryl/α,β-unsaturated/α-hetero) is 1. The molecule has 0 fully saturated rings. The van der Waals surface area contributed by atoms with Crippen LogP contribution >= 0.6 is 11.3 Å². The molecule has 30 heavy (non-hydrogen) atoms. The van der Waals surface area contributed by atoms with Crippen molar-refractivity contribution in [2.75, 3.05) is 18.5 Å². The number of amides is 1. The topological polar surface area (TPSA) is 112 Å². The van der Waals surface area contributed by atoms with E-state index in [4.69, 9.17) is 13.9 Å². The fourth-order valence-corrected chi connectivity index (χ4v) is 3.92. The molecule has 2 rings (SSSR count). The molecule has 0 saturated carbocycles. The van der Waals surface area contributed by atoms with Crippen molar-refractivity contribution in [2.45, 2.75) is 47.5 Å². The van der Waals surface area contributed by atoms with Crippen LogP contribution in [0.2, 0.25) is 0 Å². The predicted molar refractivity (Wildman–Crippen MR) is 111 cm³/mol. The van der Waals surface area contributed by atoms with Crippen LogP contribution in [-0.4, -0.2) is 36.8 Å². The van der Waals surface area contributed by atoms with Gasteiger partial charge in [0.25, 0.3) is 5.91 Å². The first-order valence-corrected chi connectivity index (χ1v) is 10.4. The van der Waals surface area contributed by atoms with Crippen LogP contribution in [0.5, 0.6) is 0 Å². The van der Waals surface area contributed by atoms with Gasteiger partial charge in [-0.25, -0.2) is 9.59 Å². The second kappa shape index (κ2) is 10.2. The Balaban J connectivity index is 2.10. The van der Waals surface area contributed by atoms with Gasteiger partial charge in [-0.1, -0.05) is 13.3 Å². The fourth-order valence-electron chi connectivity index (χ4n) is 2.96. The number of carbonyl (C=O) groups is 4. The lowest BCUT2D eigenvalue weighted by Gasteiger charge is -2.06. The van der Waals surface area contributed by atoms with E-state index in [2.05, 4.69) is 12.2 Å². The highest BCUT2D eigenvalue weighted by Gasteiger charge is 2.29. The van der Waals surface area contributed by atoms with E-state index < -0.39 is 30.2 Å². The zero-order chi connectivity index (χ0) is 22.4. The van der Waals surface area contributed by atoms with Gasteiger partial charge in [-0.15, -0.1) is 11.3 Å².